The van der Waals surface area contributed by atoms with E-state index < -0.39 is 97.5 Å². The van der Waals surface area contributed by atoms with E-state index in [0.29, 0.717) is 25.7 Å². The zero-order valence-corrected chi connectivity index (χ0v) is 62.3. The van der Waals surface area contributed by atoms with Gasteiger partial charge in [0.2, 0.25) is 0 Å². The molecule has 552 valence electrons. The summed E-state index contributed by atoms with van der Waals surface area (Å²) in [4.78, 5) is 72.7. The highest BCUT2D eigenvalue weighted by atomic mass is 31.2. The summed E-state index contributed by atoms with van der Waals surface area (Å²) in [6.45, 7) is 9.57. The Morgan fingerprint density at radius 1 is 0.290 bits per heavy atom. The number of ether oxygens (including phenoxy) is 4. The third kappa shape index (κ3) is 68.4. The van der Waals surface area contributed by atoms with Crippen molar-refractivity contribution < 1.29 is 80.2 Å². The Balaban J connectivity index is 5.23. The van der Waals surface area contributed by atoms with Crippen LogP contribution < -0.4 is 0 Å². The zero-order chi connectivity index (χ0) is 68.6. The molecule has 19 heteroatoms. The van der Waals surface area contributed by atoms with Crippen LogP contribution in [0.25, 0.3) is 0 Å². The van der Waals surface area contributed by atoms with Crippen LogP contribution in [0.5, 0.6) is 0 Å². The summed E-state index contributed by atoms with van der Waals surface area (Å²) in [5, 5.41) is 10.6. The lowest BCUT2D eigenvalue weighted by Crippen LogP contribution is -2.30. The second kappa shape index (κ2) is 66.0. The van der Waals surface area contributed by atoms with Crippen molar-refractivity contribution in [3.63, 3.8) is 0 Å². The number of esters is 4. The molecule has 0 aromatic heterocycles. The summed E-state index contributed by atoms with van der Waals surface area (Å²) in [5.41, 5.74) is 0. The standard InChI is InChI=1S/C74H144O17P2/c1-7-9-11-13-15-17-18-19-20-24-27-33-39-45-51-57-72(77)85-63-70(90-73(78)58-52-46-40-34-28-25-22-21-23-26-31-36-42-48-54-66(3)4)65-89-93(82,83)87-61-68(75)60-86-92(80,81)88-64-69(62-84-71(76)56-50-44-38-30-16-14-12-10-8-2)91-74(79)59-53-47-41-35-29-32-37-43-49-55-67(5)6/h66-70,75H,7-65H2,1-6H3,(H,80,81)(H,82,83)/t68-,69+,70+/m0/s1. The Kier molecular flexibility index (Phi) is 64.6. The fraction of sp³-hybridized carbons (Fsp3) is 0.946. The normalized spacial score (nSPS) is 14.1. The van der Waals surface area contributed by atoms with Crippen LogP contribution in [0.15, 0.2) is 0 Å². The number of hydrogen-bond acceptors (Lipinski definition) is 15. The third-order valence-electron chi connectivity index (χ3n) is 17.2. The zero-order valence-electron chi connectivity index (χ0n) is 60.6. The monoisotopic (exact) mass is 1370 g/mol. The van der Waals surface area contributed by atoms with Gasteiger partial charge in [0.25, 0.3) is 0 Å². The molecule has 0 saturated heterocycles. The van der Waals surface area contributed by atoms with Gasteiger partial charge >= 0.3 is 39.5 Å². The molecule has 0 aliphatic carbocycles. The number of aliphatic hydroxyl groups excluding tert-OH is 1. The molecule has 0 radical (unpaired) electrons. The van der Waals surface area contributed by atoms with Gasteiger partial charge in [-0.1, -0.05) is 330 Å². The minimum atomic E-state index is -4.96. The Bertz CT molecular complexity index is 1800. The Morgan fingerprint density at radius 2 is 0.495 bits per heavy atom. The Labute approximate surface area is 568 Å². The van der Waals surface area contributed by atoms with Gasteiger partial charge in [0, 0.05) is 25.7 Å². The molecule has 0 heterocycles. The lowest BCUT2D eigenvalue weighted by molar-refractivity contribution is -0.161. The molecule has 0 spiro atoms. The van der Waals surface area contributed by atoms with Crippen molar-refractivity contribution in [1.82, 2.24) is 0 Å². The molecule has 93 heavy (non-hydrogen) atoms. The molecular formula is C74H144O17P2. The van der Waals surface area contributed by atoms with Crippen LogP contribution >= 0.6 is 15.6 Å². The molecule has 0 aromatic carbocycles. The topological polar surface area (TPSA) is 237 Å². The molecule has 0 rings (SSSR count). The second-order valence-electron chi connectivity index (χ2n) is 27.6. The maximum atomic E-state index is 13.1. The highest BCUT2D eigenvalue weighted by Gasteiger charge is 2.30. The lowest BCUT2D eigenvalue weighted by atomic mass is 10.0. The van der Waals surface area contributed by atoms with Crippen LogP contribution in [-0.2, 0) is 65.4 Å². The molecule has 0 aromatic rings. The van der Waals surface area contributed by atoms with E-state index in [1.54, 1.807) is 0 Å². The van der Waals surface area contributed by atoms with Gasteiger partial charge in [0.15, 0.2) is 12.2 Å². The van der Waals surface area contributed by atoms with Crippen LogP contribution in [0.1, 0.15) is 382 Å². The predicted octanol–water partition coefficient (Wildman–Crippen LogP) is 21.6. The average molecular weight is 1370 g/mol. The van der Waals surface area contributed by atoms with E-state index in [9.17, 15) is 43.2 Å². The number of carbonyl (C=O) groups is 4. The molecule has 0 fully saturated rings. The average Bonchev–Trinajstić information content (AvgIpc) is 2.93. The predicted molar refractivity (Wildman–Crippen MR) is 377 cm³/mol. The van der Waals surface area contributed by atoms with Crippen molar-refractivity contribution in [2.45, 2.75) is 400 Å². The van der Waals surface area contributed by atoms with Crippen LogP contribution in [0.2, 0.25) is 0 Å². The summed E-state index contributed by atoms with van der Waals surface area (Å²) < 4.78 is 68.4. The number of hydrogen-bond donors (Lipinski definition) is 3. The van der Waals surface area contributed by atoms with Crippen molar-refractivity contribution in [3.8, 4) is 0 Å². The van der Waals surface area contributed by atoms with Crippen LogP contribution in [0, 0.1) is 11.8 Å². The SMILES string of the molecule is CCCCCCCCCCCCCCCCCC(=O)OC[C@H](COP(=O)(O)OC[C@@H](O)COP(=O)(O)OC[C@@H](COC(=O)CCCCCCCCCCC)OC(=O)CCCCCCCCCCCC(C)C)OC(=O)CCCCCCCCCCCCCCCCC(C)C. The highest BCUT2D eigenvalue weighted by molar-refractivity contribution is 7.47. The highest BCUT2D eigenvalue weighted by Crippen LogP contribution is 2.45. The number of carbonyl (C=O) groups excluding carboxylic acids is 4. The maximum Gasteiger partial charge on any atom is 0.472 e. The first-order chi connectivity index (χ1) is 44.9. The van der Waals surface area contributed by atoms with E-state index in [0.717, 1.165) is 102 Å². The molecular weight excluding hydrogens is 1220 g/mol. The minimum absolute atomic E-state index is 0.105. The first-order valence-corrected chi connectivity index (χ1v) is 41.5. The second-order valence-corrected chi connectivity index (χ2v) is 30.5. The van der Waals surface area contributed by atoms with Gasteiger partial charge in [-0.15, -0.1) is 0 Å². The summed E-state index contributed by atoms with van der Waals surface area (Å²) in [6, 6.07) is 0. The first-order valence-electron chi connectivity index (χ1n) is 38.5. The largest absolute Gasteiger partial charge is 0.472 e. The summed E-state index contributed by atoms with van der Waals surface area (Å²) in [5.74, 6) is -0.587. The van der Waals surface area contributed by atoms with E-state index in [1.807, 2.05) is 0 Å². The molecule has 17 nitrogen and oxygen atoms in total. The fourth-order valence-corrected chi connectivity index (χ4v) is 12.9. The quantitative estimate of drug-likeness (QED) is 0.0222. The number of phosphoric ester groups is 2. The number of rotatable bonds is 73. The van der Waals surface area contributed by atoms with Crippen LogP contribution in [-0.4, -0.2) is 96.7 Å². The molecule has 0 aliphatic heterocycles. The van der Waals surface area contributed by atoms with E-state index in [4.69, 9.17) is 37.0 Å². The summed E-state index contributed by atoms with van der Waals surface area (Å²) >= 11 is 0. The summed E-state index contributed by atoms with van der Waals surface area (Å²) in [6.07, 6.45) is 52.7. The number of unbranched alkanes of at least 4 members (excludes halogenated alkanes) is 43. The van der Waals surface area contributed by atoms with Crippen molar-refractivity contribution in [2.75, 3.05) is 39.6 Å². The van der Waals surface area contributed by atoms with Crippen LogP contribution in [0.4, 0.5) is 0 Å². The smallest absolute Gasteiger partial charge is 0.462 e. The molecule has 2 unspecified atom stereocenters. The van der Waals surface area contributed by atoms with Gasteiger partial charge in [-0.2, -0.15) is 0 Å². The van der Waals surface area contributed by atoms with Gasteiger partial charge in [-0.25, -0.2) is 9.13 Å². The minimum Gasteiger partial charge on any atom is -0.462 e. The molecule has 5 atom stereocenters. The molecule has 0 saturated carbocycles. The molecule has 0 bridgehead atoms. The molecule has 3 N–H and O–H groups in total. The third-order valence-corrected chi connectivity index (χ3v) is 19.1. The van der Waals surface area contributed by atoms with E-state index in [1.165, 1.54) is 199 Å². The van der Waals surface area contributed by atoms with Gasteiger partial charge in [-0.3, -0.25) is 37.3 Å². The Hall–Kier alpha value is -1.94. The van der Waals surface area contributed by atoms with Crippen molar-refractivity contribution in [1.29, 1.82) is 0 Å². The van der Waals surface area contributed by atoms with Crippen molar-refractivity contribution in [2.24, 2.45) is 11.8 Å². The lowest BCUT2D eigenvalue weighted by Gasteiger charge is -2.21. The van der Waals surface area contributed by atoms with E-state index in [2.05, 4.69) is 41.5 Å². The molecule has 0 amide bonds. The maximum absolute atomic E-state index is 13.1. The fourth-order valence-electron chi connectivity index (χ4n) is 11.3. The van der Waals surface area contributed by atoms with Crippen LogP contribution in [0.3, 0.4) is 0 Å². The molecule has 0 aliphatic rings. The van der Waals surface area contributed by atoms with Gasteiger partial charge < -0.3 is 33.8 Å². The van der Waals surface area contributed by atoms with Crippen molar-refractivity contribution >= 4 is 39.5 Å². The number of phosphoric acid groups is 2. The summed E-state index contributed by atoms with van der Waals surface area (Å²) in [7, 11) is -9.91. The van der Waals surface area contributed by atoms with Gasteiger partial charge in [0.05, 0.1) is 26.4 Å². The van der Waals surface area contributed by atoms with Gasteiger partial charge in [0.1, 0.15) is 19.3 Å². The van der Waals surface area contributed by atoms with Crippen molar-refractivity contribution in [3.05, 3.63) is 0 Å². The Morgan fingerprint density at radius 3 is 0.731 bits per heavy atom. The first kappa shape index (κ1) is 91.1. The van der Waals surface area contributed by atoms with E-state index in [-0.39, 0.29) is 25.7 Å². The van der Waals surface area contributed by atoms with Gasteiger partial charge in [-0.05, 0) is 37.5 Å². The van der Waals surface area contributed by atoms with E-state index >= 15 is 0 Å². The number of aliphatic hydroxyl groups is 1.